The minimum atomic E-state index is -0.0766. The van der Waals surface area contributed by atoms with Gasteiger partial charge in [-0.2, -0.15) is 0 Å². The molecule has 162 valence electrons. The van der Waals surface area contributed by atoms with Gasteiger partial charge in [0.25, 0.3) is 0 Å². The molecule has 8 atom stereocenters. The van der Waals surface area contributed by atoms with Crippen molar-refractivity contribution in [3.8, 4) is 0 Å². The van der Waals surface area contributed by atoms with Gasteiger partial charge in [0.15, 0.2) is 0 Å². The second-order valence-corrected chi connectivity index (χ2v) is 12.2. The van der Waals surface area contributed by atoms with Crippen LogP contribution in [0.1, 0.15) is 105 Å². The van der Waals surface area contributed by atoms with Crippen molar-refractivity contribution >= 4 is 29.6 Å². The van der Waals surface area contributed by atoms with Crippen LogP contribution in [0.15, 0.2) is 11.6 Å². The summed E-state index contributed by atoms with van der Waals surface area (Å²) in [7, 11) is 0. The van der Waals surface area contributed by atoms with E-state index in [1.54, 1.807) is 5.57 Å². The van der Waals surface area contributed by atoms with Crippen molar-refractivity contribution in [1.29, 1.82) is 0 Å². The van der Waals surface area contributed by atoms with Gasteiger partial charge in [0.1, 0.15) is 0 Å². The molecule has 0 heterocycles. The first-order chi connectivity index (χ1) is 13.3. The zero-order chi connectivity index (χ0) is 20.1. The summed E-state index contributed by atoms with van der Waals surface area (Å²) >= 11 is 0. The summed E-state index contributed by atoms with van der Waals surface area (Å²) in [4.78, 5) is 0. The summed E-state index contributed by atoms with van der Waals surface area (Å²) in [5.74, 6) is 5.46. The van der Waals surface area contributed by atoms with E-state index in [2.05, 4.69) is 40.7 Å². The molecule has 0 spiro atoms. The van der Waals surface area contributed by atoms with Crippen LogP contribution in [0.4, 0.5) is 0 Å². The first-order valence-electron chi connectivity index (χ1n) is 12.6. The molecule has 4 rings (SSSR count). The second-order valence-electron chi connectivity index (χ2n) is 12.2. The molecule has 29 heavy (non-hydrogen) atoms. The Morgan fingerprint density at radius 2 is 1.76 bits per heavy atom. The second kappa shape index (κ2) is 9.29. The Balaban J connectivity index is 0.00000240. The Labute approximate surface area is 203 Å². The van der Waals surface area contributed by atoms with E-state index in [0.717, 1.165) is 48.3 Å². The molecule has 0 unspecified atom stereocenters. The summed E-state index contributed by atoms with van der Waals surface area (Å²) in [6.45, 7) is 12.6. The zero-order valence-corrected chi connectivity index (χ0v) is 19.3. The van der Waals surface area contributed by atoms with Gasteiger partial charge >= 0.3 is 29.6 Å². The van der Waals surface area contributed by atoms with E-state index in [1.165, 1.54) is 57.8 Å². The quantitative estimate of drug-likeness (QED) is 0.393. The van der Waals surface area contributed by atoms with E-state index < -0.39 is 0 Å². The van der Waals surface area contributed by atoms with Crippen molar-refractivity contribution in [2.24, 2.45) is 46.3 Å². The fourth-order valence-corrected chi connectivity index (χ4v) is 8.67. The van der Waals surface area contributed by atoms with E-state index in [0.29, 0.717) is 10.8 Å². The molecule has 0 bridgehead atoms. The SMILES string of the molecule is CC(C)CCC[C@@H](C)[C@H]1CC[C@H]2[C@@H]3CC=C4C[C@@H](O)CC[C@]4(C)[C@H]3CC[C@]12C.[NaH]. The normalized spacial score (nSPS) is 44.9. The topological polar surface area (TPSA) is 20.2 Å². The van der Waals surface area contributed by atoms with E-state index >= 15 is 0 Å². The number of aliphatic hydroxyl groups is 1. The number of fused-ring (bicyclic) bond motifs is 5. The molecule has 3 fully saturated rings. The van der Waals surface area contributed by atoms with Gasteiger partial charge in [-0.15, -0.1) is 0 Å². The summed E-state index contributed by atoms with van der Waals surface area (Å²) in [6.07, 6.45) is 17.2. The van der Waals surface area contributed by atoms with Crippen molar-refractivity contribution in [2.75, 3.05) is 0 Å². The number of hydrogen-bond acceptors (Lipinski definition) is 1. The van der Waals surface area contributed by atoms with Gasteiger partial charge in [-0.05, 0) is 97.7 Å². The third-order valence-corrected chi connectivity index (χ3v) is 10.3. The van der Waals surface area contributed by atoms with Gasteiger partial charge < -0.3 is 5.11 Å². The maximum atomic E-state index is 10.2. The van der Waals surface area contributed by atoms with Crippen molar-refractivity contribution in [2.45, 2.75) is 111 Å². The first-order valence-corrected chi connectivity index (χ1v) is 12.6. The van der Waals surface area contributed by atoms with Gasteiger partial charge in [0.05, 0.1) is 6.10 Å². The number of rotatable bonds is 5. The Morgan fingerprint density at radius 1 is 1.00 bits per heavy atom. The standard InChI is InChI=1S/C27H46O.Na.H/c1-18(2)7-6-8-19(3)23-11-12-24-22-10-9-20-17-21(28)13-15-26(20,4)25(22)14-16-27(23,24)5;;/h9,18-19,21-25,28H,6-8,10-17H2,1-5H3;;/t19-,21+,22+,23-,24+,25+,26+,27-;;/m1../s1. The van der Waals surface area contributed by atoms with Gasteiger partial charge in [-0.25, -0.2) is 0 Å². The molecule has 2 heteroatoms. The maximum absolute atomic E-state index is 10.2. The number of hydrogen-bond donors (Lipinski definition) is 1. The van der Waals surface area contributed by atoms with Crippen LogP contribution < -0.4 is 0 Å². The van der Waals surface area contributed by atoms with Gasteiger partial charge in [0, 0.05) is 0 Å². The van der Waals surface area contributed by atoms with E-state index in [9.17, 15) is 5.11 Å². The fraction of sp³-hybridized carbons (Fsp3) is 0.926. The van der Waals surface area contributed by atoms with Gasteiger partial charge in [0.2, 0.25) is 0 Å². The van der Waals surface area contributed by atoms with Crippen LogP contribution in [0.2, 0.25) is 0 Å². The van der Waals surface area contributed by atoms with Crippen molar-refractivity contribution < 1.29 is 5.11 Å². The summed E-state index contributed by atoms with van der Waals surface area (Å²) in [5, 5.41) is 10.2. The van der Waals surface area contributed by atoms with E-state index in [1.807, 2.05) is 0 Å². The van der Waals surface area contributed by atoms with Gasteiger partial charge in [-0.1, -0.05) is 65.5 Å². The van der Waals surface area contributed by atoms with Crippen LogP contribution >= 0.6 is 0 Å². The summed E-state index contributed by atoms with van der Waals surface area (Å²) in [6, 6.07) is 0. The third kappa shape index (κ3) is 4.34. The molecule has 4 aliphatic carbocycles. The van der Waals surface area contributed by atoms with Crippen molar-refractivity contribution in [3.63, 3.8) is 0 Å². The van der Waals surface area contributed by atoms with E-state index in [4.69, 9.17) is 0 Å². The van der Waals surface area contributed by atoms with Crippen LogP contribution in [0, 0.1) is 46.3 Å². The summed E-state index contributed by atoms with van der Waals surface area (Å²) < 4.78 is 0. The van der Waals surface area contributed by atoms with Crippen LogP contribution in [0.3, 0.4) is 0 Å². The van der Waals surface area contributed by atoms with Crippen LogP contribution in [0.5, 0.6) is 0 Å². The molecular formula is C27H47NaO. The molecule has 0 aliphatic heterocycles. The molecule has 0 radical (unpaired) electrons. The Morgan fingerprint density at radius 3 is 2.48 bits per heavy atom. The Hall–Kier alpha value is 0.700. The summed E-state index contributed by atoms with van der Waals surface area (Å²) in [5.41, 5.74) is 2.60. The average molecular weight is 411 g/mol. The number of aliphatic hydroxyl groups excluding tert-OH is 1. The average Bonchev–Trinajstić information content (AvgIpc) is 2.99. The Bertz CT molecular complexity index is 597. The van der Waals surface area contributed by atoms with Gasteiger partial charge in [-0.3, -0.25) is 0 Å². The fourth-order valence-electron chi connectivity index (χ4n) is 8.67. The van der Waals surface area contributed by atoms with E-state index in [-0.39, 0.29) is 35.7 Å². The zero-order valence-electron chi connectivity index (χ0n) is 19.3. The van der Waals surface area contributed by atoms with Crippen LogP contribution in [-0.4, -0.2) is 40.8 Å². The van der Waals surface area contributed by atoms with Crippen LogP contribution in [0.25, 0.3) is 0 Å². The monoisotopic (exact) mass is 410 g/mol. The third-order valence-electron chi connectivity index (χ3n) is 10.3. The molecule has 1 N–H and O–H groups in total. The predicted molar refractivity (Wildman–Crippen MR) is 126 cm³/mol. The molecular weight excluding hydrogens is 363 g/mol. The van der Waals surface area contributed by atoms with Crippen molar-refractivity contribution in [1.82, 2.24) is 0 Å². The molecule has 0 saturated heterocycles. The van der Waals surface area contributed by atoms with Crippen molar-refractivity contribution in [3.05, 3.63) is 11.6 Å². The molecule has 0 aromatic heterocycles. The minimum absolute atomic E-state index is 0. The molecule has 4 aliphatic rings. The van der Waals surface area contributed by atoms with Crippen LogP contribution in [-0.2, 0) is 0 Å². The molecule has 0 amide bonds. The molecule has 3 saturated carbocycles. The molecule has 0 aromatic carbocycles. The predicted octanol–water partition coefficient (Wildman–Crippen LogP) is 6.74. The molecule has 1 nitrogen and oxygen atoms in total. The first kappa shape index (κ1) is 24.3. The Kier molecular flexibility index (Phi) is 7.79. The number of allylic oxidation sites excluding steroid dienone is 1. The molecule has 0 aromatic rings.